The Morgan fingerprint density at radius 1 is 1.15 bits per heavy atom. The summed E-state index contributed by atoms with van der Waals surface area (Å²) in [7, 11) is 1.25. The van der Waals surface area contributed by atoms with E-state index in [1.807, 2.05) is 0 Å². The molecule has 0 saturated heterocycles. The number of fused-ring (bicyclic) bond motifs is 1. The van der Waals surface area contributed by atoms with Crippen LogP contribution in [0.3, 0.4) is 0 Å². The Bertz CT molecular complexity index is 1110. The number of nitrogens with zero attached hydrogens (tertiary/aromatic N) is 3. The molecule has 1 N–H and O–H groups in total. The number of ether oxygens (including phenoxy) is 1. The fraction of sp³-hybridized carbons (Fsp3) is 0.455. The summed E-state index contributed by atoms with van der Waals surface area (Å²) in [4.78, 5) is 38.2. The third-order valence-corrected chi connectivity index (χ3v) is 5.85. The summed E-state index contributed by atoms with van der Waals surface area (Å²) in [5, 5.41) is 7.09. The Hall–Kier alpha value is -3.37. The highest BCUT2D eigenvalue weighted by Gasteiger charge is 2.33. The van der Waals surface area contributed by atoms with Crippen LogP contribution in [-0.2, 0) is 29.0 Å². The van der Waals surface area contributed by atoms with Crippen molar-refractivity contribution in [1.82, 2.24) is 20.0 Å². The molecule has 176 valence electrons. The summed E-state index contributed by atoms with van der Waals surface area (Å²) >= 11 is 0. The zero-order chi connectivity index (χ0) is 23.7. The van der Waals surface area contributed by atoms with Gasteiger partial charge in [0, 0.05) is 43.4 Å². The van der Waals surface area contributed by atoms with Gasteiger partial charge in [0.15, 0.2) is 17.3 Å². The van der Waals surface area contributed by atoms with Gasteiger partial charge in [0.05, 0.1) is 25.6 Å². The molecular weight excluding hydrogens is 441 g/mol. The molecule has 1 aliphatic heterocycles. The number of carbonyl (C=O) groups excluding carboxylic acids is 3. The minimum atomic E-state index is -1.38. The van der Waals surface area contributed by atoms with Crippen molar-refractivity contribution in [3.8, 4) is 0 Å². The third-order valence-electron chi connectivity index (χ3n) is 5.85. The smallest absolute Gasteiger partial charge is 0.307 e. The zero-order valence-electron chi connectivity index (χ0n) is 18.0. The highest BCUT2D eigenvalue weighted by atomic mass is 19.2. The van der Waals surface area contributed by atoms with E-state index in [2.05, 4.69) is 15.2 Å². The van der Waals surface area contributed by atoms with E-state index in [9.17, 15) is 27.6 Å². The first-order chi connectivity index (χ1) is 15.8. The molecule has 1 aliphatic carbocycles. The average molecular weight is 464 g/mol. The van der Waals surface area contributed by atoms with E-state index < -0.39 is 40.8 Å². The van der Waals surface area contributed by atoms with E-state index >= 15 is 0 Å². The first kappa shape index (κ1) is 22.8. The van der Waals surface area contributed by atoms with Crippen LogP contribution in [0.1, 0.15) is 51.4 Å². The van der Waals surface area contributed by atoms with Crippen molar-refractivity contribution in [2.75, 3.05) is 20.2 Å². The Labute approximate surface area is 187 Å². The number of carbonyl (C=O) groups is 3. The normalized spacial score (nSPS) is 15.2. The molecule has 2 heterocycles. The average Bonchev–Trinajstić information content (AvgIpc) is 3.54. The van der Waals surface area contributed by atoms with Crippen molar-refractivity contribution in [2.45, 2.75) is 38.8 Å². The topological polar surface area (TPSA) is 93.5 Å². The molecule has 1 fully saturated rings. The molecule has 0 atom stereocenters. The summed E-state index contributed by atoms with van der Waals surface area (Å²) in [6, 6.07) is 0.880. The van der Waals surface area contributed by atoms with Crippen LogP contribution >= 0.6 is 0 Å². The number of hydrogen-bond donors (Lipinski definition) is 1. The number of amides is 2. The number of esters is 1. The molecule has 0 unspecified atom stereocenters. The number of hydrogen-bond acceptors (Lipinski definition) is 5. The van der Waals surface area contributed by atoms with Gasteiger partial charge in [-0.25, -0.2) is 13.2 Å². The number of aromatic nitrogens is 2. The highest BCUT2D eigenvalue weighted by molar-refractivity contribution is 5.96. The van der Waals surface area contributed by atoms with Crippen LogP contribution in [0.15, 0.2) is 12.1 Å². The van der Waals surface area contributed by atoms with Gasteiger partial charge in [-0.2, -0.15) is 5.10 Å². The van der Waals surface area contributed by atoms with Gasteiger partial charge in [-0.1, -0.05) is 0 Å². The van der Waals surface area contributed by atoms with Crippen LogP contribution in [0.5, 0.6) is 0 Å². The van der Waals surface area contributed by atoms with E-state index in [0.717, 1.165) is 18.5 Å². The van der Waals surface area contributed by atoms with E-state index in [-0.39, 0.29) is 31.7 Å². The maximum absolute atomic E-state index is 14.2. The number of rotatable bonds is 7. The van der Waals surface area contributed by atoms with Crippen LogP contribution in [0.2, 0.25) is 0 Å². The molecule has 4 rings (SSSR count). The molecule has 33 heavy (non-hydrogen) atoms. The van der Waals surface area contributed by atoms with E-state index in [1.54, 1.807) is 4.68 Å². The zero-order valence-corrected chi connectivity index (χ0v) is 18.0. The molecule has 11 heteroatoms. The van der Waals surface area contributed by atoms with Crippen LogP contribution in [0.4, 0.5) is 13.2 Å². The van der Waals surface area contributed by atoms with Gasteiger partial charge in [-0.05, 0) is 24.8 Å². The van der Waals surface area contributed by atoms with Gasteiger partial charge in [0.2, 0.25) is 0 Å². The predicted octanol–water partition coefficient (Wildman–Crippen LogP) is 2.20. The fourth-order valence-electron chi connectivity index (χ4n) is 3.86. The molecule has 0 bridgehead atoms. The molecule has 2 amide bonds. The second-order valence-electron chi connectivity index (χ2n) is 8.20. The van der Waals surface area contributed by atoms with Crippen molar-refractivity contribution in [3.63, 3.8) is 0 Å². The molecule has 0 radical (unpaired) electrons. The lowest BCUT2D eigenvalue weighted by Crippen LogP contribution is -2.38. The lowest BCUT2D eigenvalue weighted by molar-refractivity contribution is -0.140. The van der Waals surface area contributed by atoms with Gasteiger partial charge < -0.3 is 15.0 Å². The summed E-state index contributed by atoms with van der Waals surface area (Å²) in [5.41, 5.74) is 0.884. The standard InChI is InChI=1S/C22H23F3N4O4/c1-33-19(30)4-6-26-21(31)20-14-11-28(7-5-18(14)29(27-20)10-12-2-3-12)22(32)13-8-16(24)17(25)9-15(13)23/h8-9,12H,2-7,10-11H2,1H3,(H,26,31). The molecule has 8 nitrogen and oxygen atoms in total. The second-order valence-corrected chi connectivity index (χ2v) is 8.20. The largest absolute Gasteiger partial charge is 0.469 e. The first-order valence-electron chi connectivity index (χ1n) is 10.7. The van der Waals surface area contributed by atoms with E-state index in [0.29, 0.717) is 36.6 Å². The van der Waals surface area contributed by atoms with Crippen molar-refractivity contribution in [3.05, 3.63) is 52.1 Å². The molecule has 0 spiro atoms. The Morgan fingerprint density at radius 3 is 2.58 bits per heavy atom. The maximum Gasteiger partial charge on any atom is 0.307 e. The van der Waals surface area contributed by atoms with Crippen molar-refractivity contribution in [2.24, 2.45) is 5.92 Å². The second kappa shape index (κ2) is 9.24. The van der Waals surface area contributed by atoms with Crippen LogP contribution in [-0.4, -0.2) is 52.7 Å². The van der Waals surface area contributed by atoms with E-state index in [4.69, 9.17) is 0 Å². The van der Waals surface area contributed by atoms with Gasteiger partial charge in [0.25, 0.3) is 11.8 Å². The Balaban J connectivity index is 1.57. The molecule has 2 aliphatic rings. The molecule has 1 aromatic carbocycles. The SMILES string of the molecule is COC(=O)CCNC(=O)c1nn(CC2CC2)c2c1CN(C(=O)c1cc(F)c(F)cc1F)CC2. The maximum atomic E-state index is 14.2. The predicted molar refractivity (Wildman–Crippen MR) is 109 cm³/mol. The van der Waals surface area contributed by atoms with Gasteiger partial charge >= 0.3 is 5.97 Å². The van der Waals surface area contributed by atoms with Crippen LogP contribution in [0, 0.1) is 23.4 Å². The van der Waals surface area contributed by atoms with Crippen molar-refractivity contribution in [1.29, 1.82) is 0 Å². The summed E-state index contributed by atoms with van der Waals surface area (Å²) in [6.07, 6.45) is 2.53. The lowest BCUT2D eigenvalue weighted by Gasteiger charge is -2.28. The van der Waals surface area contributed by atoms with Gasteiger partial charge in [-0.3, -0.25) is 19.1 Å². The number of nitrogens with one attached hydrogen (secondary N) is 1. The summed E-state index contributed by atoms with van der Waals surface area (Å²) in [6.45, 7) is 0.892. The fourth-order valence-corrected chi connectivity index (χ4v) is 3.86. The summed E-state index contributed by atoms with van der Waals surface area (Å²) in [5.74, 6) is -5.14. The Kier molecular flexibility index (Phi) is 6.39. The van der Waals surface area contributed by atoms with Crippen LogP contribution < -0.4 is 5.32 Å². The number of halogens is 3. The Morgan fingerprint density at radius 2 is 1.88 bits per heavy atom. The molecular formula is C22H23F3N4O4. The summed E-state index contributed by atoms with van der Waals surface area (Å²) < 4.78 is 47.4. The minimum Gasteiger partial charge on any atom is -0.469 e. The lowest BCUT2D eigenvalue weighted by atomic mass is 10.0. The van der Waals surface area contributed by atoms with Crippen molar-refractivity contribution >= 4 is 17.8 Å². The molecule has 1 saturated carbocycles. The molecule has 2 aromatic rings. The number of methoxy groups -OCH3 is 1. The monoisotopic (exact) mass is 464 g/mol. The van der Waals surface area contributed by atoms with Crippen LogP contribution in [0.25, 0.3) is 0 Å². The van der Waals surface area contributed by atoms with Gasteiger partial charge in [0.1, 0.15) is 5.82 Å². The van der Waals surface area contributed by atoms with Crippen molar-refractivity contribution < 1.29 is 32.3 Å². The van der Waals surface area contributed by atoms with Gasteiger partial charge in [-0.15, -0.1) is 0 Å². The molecule has 1 aromatic heterocycles. The minimum absolute atomic E-state index is 0.00671. The highest BCUT2D eigenvalue weighted by Crippen LogP contribution is 2.33. The first-order valence-corrected chi connectivity index (χ1v) is 10.7. The quantitative estimate of drug-likeness (QED) is 0.501. The number of benzene rings is 1. The van der Waals surface area contributed by atoms with E-state index in [1.165, 1.54) is 12.0 Å². The third kappa shape index (κ3) is 4.86.